The fourth-order valence-corrected chi connectivity index (χ4v) is 10.1. The summed E-state index contributed by atoms with van der Waals surface area (Å²) in [4.78, 5) is 0. The van der Waals surface area contributed by atoms with Gasteiger partial charge in [-0.3, -0.25) is 0 Å². The zero-order valence-electron chi connectivity index (χ0n) is 14.2. The summed E-state index contributed by atoms with van der Waals surface area (Å²) >= 11 is 7.26. The summed E-state index contributed by atoms with van der Waals surface area (Å²) in [6.07, 6.45) is 15.9. The molecule has 5 saturated carbocycles. The van der Waals surface area contributed by atoms with E-state index < -0.39 is 0 Å². The van der Waals surface area contributed by atoms with Crippen LogP contribution in [0.3, 0.4) is 0 Å². The summed E-state index contributed by atoms with van der Waals surface area (Å²) in [5, 5.41) is 2.60. The maximum Gasteiger partial charge on any atom is 0.0234 e. The lowest BCUT2D eigenvalue weighted by molar-refractivity contribution is 0.267. The molecule has 2 bridgehead atoms. The minimum absolute atomic E-state index is 0.587. The lowest BCUT2D eigenvalue weighted by Crippen LogP contribution is -2.24. The highest BCUT2D eigenvalue weighted by atomic mass is 32.2. The molecule has 0 aromatic rings. The van der Waals surface area contributed by atoms with Crippen LogP contribution in [0.5, 0.6) is 0 Å². The minimum Gasteiger partial charge on any atom is -0.176 e. The predicted octanol–water partition coefficient (Wildman–Crippen LogP) is 5.14. The Bertz CT molecular complexity index is 522. The van der Waals surface area contributed by atoms with Crippen molar-refractivity contribution < 1.29 is 0 Å². The van der Waals surface area contributed by atoms with Crippen LogP contribution in [0, 0.1) is 59.7 Å². The van der Waals surface area contributed by atoms with E-state index in [-0.39, 0.29) is 0 Å². The van der Waals surface area contributed by atoms with Crippen LogP contribution in [0.1, 0.15) is 51.9 Å². The fourth-order valence-electron chi connectivity index (χ4n) is 7.59. The van der Waals surface area contributed by atoms with Crippen molar-refractivity contribution in [3.8, 4) is 12.3 Å². The highest BCUT2D eigenvalue weighted by Crippen LogP contribution is 2.63. The molecule has 2 heteroatoms. The molecule has 0 spiro atoms. The number of hydrogen-bond donors (Lipinski definition) is 1. The predicted molar refractivity (Wildman–Crippen MR) is 103 cm³/mol. The van der Waals surface area contributed by atoms with Gasteiger partial charge in [-0.2, -0.15) is 24.4 Å². The molecule has 11 atom stereocenters. The third kappa shape index (κ3) is 2.36. The molecule has 0 nitrogen and oxygen atoms in total. The quantitative estimate of drug-likeness (QED) is 0.534. The zero-order valence-corrected chi connectivity index (χ0v) is 15.9. The van der Waals surface area contributed by atoms with E-state index in [1.165, 1.54) is 44.9 Å². The third-order valence-corrected chi connectivity index (χ3v) is 10.6. The van der Waals surface area contributed by atoms with Crippen LogP contribution >= 0.6 is 24.4 Å². The van der Waals surface area contributed by atoms with Crippen molar-refractivity contribution in [1.82, 2.24) is 0 Å². The van der Waals surface area contributed by atoms with E-state index in [4.69, 9.17) is 19.1 Å². The molecule has 0 saturated heterocycles. The molecule has 5 fully saturated rings. The average molecular weight is 347 g/mol. The molecule has 0 aliphatic heterocycles. The van der Waals surface area contributed by atoms with Crippen molar-refractivity contribution in [2.45, 2.75) is 67.6 Å². The first kappa shape index (κ1) is 15.5. The second-order valence-electron chi connectivity index (χ2n) is 9.43. The number of terminal acetylenes is 1. The van der Waals surface area contributed by atoms with Crippen molar-refractivity contribution in [1.29, 1.82) is 0 Å². The molecule has 0 heterocycles. The smallest absolute Gasteiger partial charge is 0.0234 e. The van der Waals surface area contributed by atoms with Crippen molar-refractivity contribution in [2.24, 2.45) is 47.3 Å². The van der Waals surface area contributed by atoms with Gasteiger partial charge in [-0.15, -0.1) is 12.3 Å². The molecule has 0 aromatic heterocycles. The number of fused-ring (bicyclic) bond motifs is 6. The lowest BCUT2D eigenvalue weighted by atomic mass is 9.81. The Morgan fingerprint density at radius 2 is 1.52 bits per heavy atom. The summed E-state index contributed by atoms with van der Waals surface area (Å²) in [6.45, 7) is 2.45. The van der Waals surface area contributed by atoms with Gasteiger partial charge in [0.05, 0.1) is 0 Å². The highest BCUT2D eigenvalue weighted by molar-refractivity contribution is 8.00. The van der Waals surface area contributed by atoms with Gasteiger partial charge in [-0.1, -0.05) is 6.92 Å². The lowest BCUT2D eigenvalue weighted by Gasteiger charge is -2.28. The van der Waals surface area contributed by atoms with Crippen molar-refractivity contribution in [2.75, 3.05) is 0 Å². The van der Waals surface area contributed by atoms with E-state index in [1.54, 1.807) is 0 Å². The van der Waals surface area contributed by atoms with Crippen LogP contribution in [0.4, 0.5) is 0 Å². The average Bonchev–Trinajstić information content (AvgIpc) is 3.26. The molecule has 126 valence electrons. The van der Waals surface area contributed by atoms with E-state index in [0.717, 1.165) is 57.2 Å². The van der Waals surface area contributed by atoms with Crippen LogP contribution < -0.4 is 0 Å². The van der Waals surface area contributed by atoms with E-state index in [2.05, 4.69) is 24.6 Å². The van der Waals surface area contributed by atoms with Gasteiger partial charge in [-0.05, 0) is 86.4 Å². The minimum atomic E-state index is 0.587. The van der Waals surface area contributed by atoms with E-state index >= 15 is 0 Å². The summed E-state index contributed by atoms with van der Waals surface area (Å²) in [7, 11) is 0. The number of thiol groups is 1. The molecule has 23 heavy (non-hydrogen) atoms. The van der Waals surface area contributed by atoms with Crippen molar-refractivity contribution >= 4 is 24.4 Å². The maximum atomic E-state index is 5.81. The molecule has 11 unspecified atom stereocenters. The van der Waals surface area contributed by atoms with Gasteiger partial charge >= 0.3 is 0 Å². The van der Waals surface area contributed by atoms with Crippen LogP contribution in [0.25, 0.3) is 0 Å². The summed E-state index contributed by atoms with van der Waals surface area (Å²) in [6, 6.07) is 0. The topological polar surface area (TPSA) is 0 Å². The SMILES string of the molecule is C#CC1CC(C)C2CC(SC3CC4C5CC(S)C(C5)C4C3)CC12. The first-order valence-corrected chi connectivity index (χ1v) is 11.4. The molecule has 5 aliphatic carbocycles. The summed E-state index contributed by atoms with van der Waals surface area (Å²) < 4.78 is 0. The Morgan fingerprint density at radius 1 is 0.826 bits per heavy atom. The number of hydrogen-bond acceptors (Lipinski definition) is 2. The normalized spacial score (nSPS) is 60.0. The van der Waals surface area contributed by atoms with Gasteiger partial charge in [0.1, 0.15) is 0 Å². The second kappa shape index (κ2) is 5.63. The molecule has 0 N–H and O–H groups in total. The van der Waals surface area contributed by atoms with Crippen LogP contribution in [-0.4, -0.2) is 15.7 Å². The second-order valence-corrected chi connectivity index (χ2v) is 11.7. The Hall–Kier alpha value is 0.260. The Labute approximate surface area is 151 Å². The van der Waals surface area contributed by atoms with Crippen LogP contribution in [0.2, 0.25) is 0 Å². The fraction of sp³-hybridized carbons (Fsp3) is 0.905. The zero-order chi connectivity index (χ0) is 15.7. The maximum absolute atomic E-state index is 5.81. The molecular weight excluding hydrogens is 316 g/mol. The van der Waals surface area contributed by atoms with Gasteiger partial charge in [0.15, 0.2) is 0 Å². The molecule has 0 amide bonds. The standard InChI is InChI=1S/C21H30S2/c1-3-12-4-11(2)16-7-14(8-17(12)16)23-15-9-18-13-5-20(19(18)10-15)21(22)6-13/h1,11-22H,4-10H2,2H3. The first-order valence-electron chi connectivity index (χ1n) is 9.93. The van der Waals surface area contributed by atoms with Gasteiger partial charge < -0.3 is 0 Å². The Kier molecular flexibility index (Phi) is 3.80. The molecular formula is C21H30S2. The van der Waals surface area contributed by atoms with Gasteiger partial charge in [0.2, 0.25) is 0 Å². The number of thioether (sulfide) groups is 1. The molecule has 0 radical (unpaired) electrons. The van der Waals surface area contributed by atoms with E-state index in [1.807, 2.05) is 0 Å². The number of rotatable bonds is 2. The Morgan fingerprint density at radius 3 is 2.30 bits per heavy atom. The van der Waals surface area contributed by atoms with Crippen LogP contribution in [0.15, 0.2) is 0 Å². The van der Waals surface area contributed by atoms with Crippen molar-refractivity contribution in [3.05, 3.63) is 0 Å². The van der Waals surface area contributed by atoms with Gasteiger partial charge in [-0.25, -0.2) is 0 Å². The largest absolute Gasteiger partial charge is 0.176 e. The summed E-state index contributed by atoms with van der Waals surface area (Å²) in [5.41, 5.74) is 0. The highest BCUT2D eigenvalue weighted by Gasteiger charge is 2.55. The van der Waals surface area contributed by atoms with Gasteiger partial charge in [0.25, 0.3) is 0 Å². The Balaban J connectivity index is 1.21. The molecule has 0 aromatic carbocycles. The van der Waals surface area contributed by atoms with E-state index in [9.17, 15) is 0 Å². The van der Waals surface area contributed by atoms with Gasteiger partial charge in [0, 0.05) is 21.7 Å². The van der Waals surface area contributed by atoms with E-state index in [0.29, 0.717) is 5.92 Å². The first-order chi connectivity index (χ1) is 11.1. The summed E-state index contributed by atoms with van der Waals surface area (Å²) in [5.74, 6) is 10.5. The monoisotopic (exact) mass is 346 g/mol. The van der Waals surface area contributed by atoms with Crippen molar-refractivity contribution in [3.63, 3.8) is 0 Å². The molecule has 5 aliphatic rings. The molecule has 5 rings (SSSR count). The van der Waals surface area contributed by atoms with Crippen LogP contribution in [-0.2, 0) is 0 Å². The third-order valence-electron chi connectivity index (χ3n) is 8.48.